The molecule has 15 heteroatoms. The van der Waals surface area contributed by atoms with Crippen molar-refractivity contribution in [1.82, 2.24) is 25.4 Å². The summed E-state index contributed by atoms with van der Waals surface area (Å²) >= 11 is 6.25. The number of amides is 5. The minimum absolute atomic E-state index is 0.0772. The fourth-order valence-electron chi connectivity index (χ4n) is 10.2. The molecule has 4 fully saturated rings. The Morgan fingerprint density at radius 3 is 2.23 bits per heavy atom. The van der Waals surface area contributed by atoms with E-state index in [0.717, 1.165) is 75.7 Å². The molecule has 60 heavy (non-hydrogen) atoms. The number of hydrogen-bond acceptors (Lipinski definition) is 11. The SMILES string of the molecule is CC1(C)[C@H](NC(=O)c2ccc(N3CCC(CCN4CCN(c5cc6c(cn5)C(=O)N(C5CCC(=O)NC5=O)C6=O)CC4)CC3)cc2)C(C)(C)[C@H]1Oc1ccc(C#N)c(Cl)c1. The molecular weight excluding hydrogens is 784 g/mol. The van der Waals surface area contributed by atoms with Crippen LogP contribution in [-0.4, -0.2) is 108 Å². The van der Waals surface area contributed by atoms with E-state index in [9.17, 15) is 29.2 Å². The molecule has 0 spiro atoms. The Hall–Kier alpha value is -5.52. The second kappa shape index (κ2) is 16.2. The van der Waals surface area contributed by atoms with Gasteiger partial charge in [0.25, 0.3) is 17.7 Å². The summed E-state index contributed by atoms with van der Waals surface area (Å²) in [5.74, 6) is -0.343. The molecule has 5 aliphatic rings. The topological polar surface area (TPSA) is 168 Å². The minimum Gasteiger partial charge on any atom is -0.489 e. The average molecular weight is 835 g/mol. The van der Waals surface area contributed by atoms with Gasteiger partial charge in [0, 0.05) is 86.1 Å². The maximum absolute atomic E-state index is 13.5. The quantitative estimate of drug-likeness (QED) is 0.263. The Labute approximate surface area is 355 Å². The number of benzene rings is 2. The van der Waals surface area contributed by atoms with Crippen LogP contribution in [0.1, 0.15) is 96.4 Å². The number of halogens is 1. The van der Waals surface area contributed by atoms with E-state index in [1.807, 2.05) is 24.3 Å². The number of aromatic nitrogens is 1. The molecule has 3 aromatic rings. The van der Waals surface area contributed by atoms with Crippen LogP contribution in [0.5, 0.6) is 5.75 Å². The third kappa shape index (κ3) is 7.69. The maximum Gasteiger partial charge on any atom is 0.263 e. The van der Waals surface area contributed by atoms with Gasteiger partial charge in [0.15, 0.2) is 0 Å². The zero-order valence-electron chi connectivity index (χ0n) is 34.5. The third-order valence-corrected chi connectivity index (χ3v) is 13.7. The van der Waals surface area contributed by atoms with E-state index in [0.29, 0.717) is 33.6 Å². The van der Waals surface area contributed by atoms with Crippen LogP contribution in [0.4, 0.5) is 11.5 Å². The van der Waals surface area contributed by atoms with Crippen molar-refractivity contribution < 1.29 is 28.7 Å². The zero-order valence-corrected chi connectivity index (χ0v) is 35.3. The Balaban J connectivity index is 0.769. The van der Waals surface area contributed by atoms with Gasteiger partial charge in [-0.3, -0.25) is 39.1 Å². The van der Waals surface area contributed by atoms with Crippen molar-refractivity contribution in [2.75, 3.05) is 55.6 Å². The Morgan fingerprint density at radius 1 is 0.900 bits per heavy atom. The summed E-state index contributed by atoms with van der Waals surface area (Å²) in [5, 5.41) is 15.1. The van der Waals surface area contributed by atoms with Gasteiger partial charge < -0.3 is 19.9 Å². The number of nitrogens with zero attached hydrogens (tertiary/aromatic N) is 6. The molecule has 4 aliphatic heterocycles. The van der Waals surface area contributed by atoms with E-state index < -0.39 is 29.7 Å². The van der Waals surface area contributed by atoms with E-state index in [1.54, 1.807) is 24.3 Å². The largest absolute Gasteiger partial charge is 0.489 e. The van der Waals surface area contributed by atoms with Crippen LogP contribution >= 0.6 is 11.6 Å². The molecule has 0 bridgehead atoms. The first-order valence-electron chi connectivity index (χ1n) is 20.9. The summed E-state index contributed by atoms with van der Waals surface area (Å²) in [6.07, 6.45) is 4.78. The number of piperazine rings is 1. The summed E-state index contributed by atoms with van der Waals surface area (Å²) in [6.45, 7) is 14.6. The molecule has 1 atom stereocenters. The molecule has 3 saturated heterocycles. The lowest BCUT2D eigenvalue weighted by Crippen LogP contribution is -2.74. The van der Waals surface area contributed by atoms with E-state index in [4.69, 9.17) is 16.3 Å². The Morgan fingerprint density at radius 2 is 1.58 bits per heavy atom. The average Bonchev–Trinajstić information content (AvgIpc) is 3.49. The number of ether oxygens (including phenoxy) is 1. The molecule has 14 nitrogen and oxygen atoms in total. The molecule has 1 saturated carbocycles. The zero-order chi connectivity index (χ0) is 42.5. The summed E-state index contributed by atoms with van der Waals surface area (Å²) in [5.41, 5.74) is 1.87. The highest BCUT2D eigenvalue weighted by Crippen LogP contribution is 2.55. The van der Waals surface area contributed by atoms with Crippen LogP contribution in [0.15, 0.2) is 54.7 Å². The number of anilines is 2. The number of fused-ring (bicyclic) bond motifs is 1. The number of carbonyl (C=O) groups excluding carboxylic acids is 5. The first-order chi connectivity index (χ1) is 28.6. The third-order valence-electron chi connectivity index (χ3n) is 13.4. The van der Waals surface area contributed by atoms with Crippen LogP contribution in [-0.2, 0) is 9.59 Å². The summed E-state index contributed by atoms with van der Waals surface area (Å²) < 4.78 is 6.38. The molecule has 2 N–H and O–H groups in total. The van der Waals surface area contributed by atoms with Gasteiger partial charge in [0.1, 0.15) is 29.8 Å². The summed E-state index contributed by atoms with van der Waals surface area (Å²) in [6, 6.07) is 15.6. The summed E-state index contributed by atoms with van der Waals surface area (Å²) in [7, 11) is 0. The van der Waals surface area contributed by atoms with Crippen LogP contribution in [0, 0.1) is 28.1 Å². The molecule has 2 aromatic carbocycles. The van der Waals surface area contributed by atoms with E-state index >= 15 is 0 Å². The number of hydrogen-bond donors (Lipinski definition) is 2. The highest BCUT2D eigenvalue weighted by Gasteiger charge is 2.64. The Bertz CT molecular complexity index is 2240. The number of nitriles is 1. The van der Waals surface area contributed by atoms with Gasteiger partial charge in [-0.25, -0.2) is 4.98 Å². The highest BCUT2D eigenvalue weighted by atomic mass is 35.5. The first-order valence-corrected chi connectivity index (χ1v) is 21.2. The molecule has 8 rings (SSSR count). The van der Waals surface area contributed by atoms with Crippen molar-refractivity contribution in [1.29, 1.82) is 5.26 Å². The lowest BCUT2D eigenvalue weighted by molar-refractivity contribution is -0.164. The molecule has 1 unspecified atom stereocenters. The van der Waals surface area contributed by atoms with E-state index in [-0.39, 0.29) is 52.9 Å². The van der Waals surface area contributed by atoms with Crippen LogP contribution in [0.3, 0.4) is 0 Å². The highest BCUT2D eigenvalue weighted by molar-refractivity contribution is 6.31. The standard InChI is InChI=1S/C45H51ClN8O6/c1-44(2)42(45(3,4)43(44)60-31-10-7-29(25-47)34(46)23-31)50-38(56)28-5-8-30(9-6-28)52-17-14-27(15-18-52)13-16-51-19-21-53(22-20-51)36-24-32-33(26-48-36)41(59)54(40(32)58)35-11-12-37(55)49-39(35)57/h5-10,23-24,26-27,35,42-43H,11-22H2,1-4H3,(H,50,56)(H,49,55,57)/t35?,42-,43-. The molecule has 5 heterocycles. The summed E-state index contributed by atoms with van der Waals surface area (Å²) in [4.78, 5) is 76.4. The molecule has 5 amide bonds. The number of pyridine rings is 1. The maximum atomic E-state index is 13.5. The van der Waals surface area contributed by atoms with Crippen LogP contribution < -0.4 is 25.2 Å². The lowest BCUT2D eigenvalue weighted by Gasteiger charge is -2.63. The van der Waals surface area contributed by atoms with Crippen molar-refractivity contribution in [3.8, 4) is 11.8 Å². The molecule has 314 valence electrons. The van der Waals surface area contributed by atoms with Gasteiger partial charge in [0.2, 0.25) is 11.8 Å². The number of nitrogens with one attached hydrogen (secondary N) is 2. The van der Waals surface area contributed by atoms with Crippen LogP contribution in [0.2, 0.25) is 5.02 Å². The predicted molar refractivity (Wildman–Crippen MR) is 225 cm³/mol. The Kier molecular flexibility index (Phi) is 11.1. The van der Waals surface area contributed by atoms with Crippen molar-refractivity contribution in [3.05, 3.63) is 82.0 Å². The second-order valence-electron chi connectivity index (χ2n) is 17.9. The van der Waals surface area contributed by atoms with Crippen molar-refractivity contribution in [2.45, 2.75) is 78.0 Å². The van der Waals surface area contributed by atoms with Gasteiger partial charge in [-0.15, -0.1) is 0 Å². The van der Waals surface area contributed by atoms with Crippen molar-refractivity contribution in [2.24, 2.45) is 16.7 Å². The molecule has 1 aromatic heterocycles. The second-order valence-corrected chi connectivity index (χ2v) is 18.3. The number of piperidine rings is 2. The normalized spacial score (nSPS) is 24.1. The van der Waals surface area contributed by atoms with Gasteiger partial charge in [-0.2, -0.15) is 5.26 Å². The van der Waals surface area contributed by atoms with Gasteiger partial charge in [-0.05, 0) is 80.6 Å². The molecule has 1 aliphatic carbocycles. The lowest BCUT2D eigenvalue weighted by atomic mass is 9.49. The predicted octanol–water partition coefficient (Wildman–Crippen LogP) is 5.05. The van der Waals surface area contributed by atoms with E-state index in [2.05, 4.69) is 64.1 Å². The number of imide groups is 2. The molecular formula is C45H51ClN8O6. The van der Waals surface area contributed by atoms with Crippen LogP contribution in [0.25, 0.3) is 0 Å². The molecule has 0 radical (unpaired) electrons. The fourth-order valence-corrected chi connectivity index (χ4v) is 10.4. The van der Waals surface area contributed by atoms with Gasteiger partial charge in [-0.1, -0.05) is 39.3 Å². The van der Waals surface area contributed by atoms with E-state index in [1.165, 1.54) is 6.20 Å². The monoisotopic (exact) mass is 834 g/mol. The number of carbonyl (C=O) groups is 5. The van der Waals surface area contributed by atoms with Crippen molar-refractivity contribution >= 4 is 52.6 Å². The van der Waals surface area contributed by atoms with Crippen molar-refractivity contribution in [3.63, 3.8) is 0 Å². The fraction of sp³-hybridized carbons (Fsp3) is 0.489. The number of rotatable bonds is 10. The van der Waals surface area contributed by atoms with Gasteiger partial charge >= 0.3 is 0 Å². The van der Waals surface area contributed by atoms with Gasteiger partial charge in [0.05, 0.1) is 21.7 Å². The smallest absolute Gasteiger partial charge is 0.263 e. The first kappa shape index (κ1) is 41.2. The minimum atomic E-state index is -0.999.